The summed E-state index contributed by atoms with van der Waals surface area (Å²) in [6, 6.07) is 19.4. The molecule has 0 aliphatic heterocycles. The van der Waals surface area contributed by atoms with E-state index in [1.165, 1.54) is 48.8 Å². The van der Waals surface area contributed by atoms with Crippen molar-refractivity contribution >= 4 is 33.3 Å². The molecule has 1 aromatic heterocycles. The van der Waals surface area contributed by atoms with Gasteiger partial charge in [-0.25, -0.2) is 4.39 Å². The summed E-state index contributed by atoms with van der Waals surface area (Å²) in [5, 5.41) is 2.32. The predicted molar refractivity (Wildman–Crippen MR) is 123 cm³/mol. The molecule has 3 heteroatoms. The van der Waals surface area contributed by atoms with Gasteiger partial charge in [-0.3, -0.25) is 0 Å². The molecular weight excluding hydrogens is 373 g/mol. The van der Waals surface area contributed by atoms with E-state index in [1.807, 2.05) is 7.05 Å². The van der Waals surface area contributed by atoms with Gasteiger partial charge in [0.2, 0.25) is 0 Å². The van der Waals surface area contributed by atoms with Gasteiger partial charge in [0.15, 0.2) is 5.58 Å². The number of furan rings is 1. The summed E-state index contributed by atoms with van der Waals surface area (Å²) in [6.45, 7) is 4.76. The van der Waals surface area contributed by atoms with Gasteiger partial charge in [-0.1, -0.05) is 44.2 Å². The van der Waals surface area contributed by atoms with Crippen LogP contribution in [0.25, 0.3) is 21.9 Å². The number of nitrogens with zero attached hydrogens (tertiary/aromatic N) is 1. The second-order valence-electron chi connectivity index (χ2n) is 9.45. The molecule has 0 spiro atoms. The highest BCUT2D eigenvalue weighted by molar-refractivity contribution is 6.10. The van der Waals surface area contributed by atoms with Gasteiger partial charge in [-0.15, -0.1) is 0 Å². The van der Waals surface area contributed by atoms with E-state index in [4.69, 9.17) is 4.42 Å². The first kappa shape index (κ1) is 19.2. The minimum absolute atomic E-state index is 0.227. The molecule has 4 aromatic rings. The van der Waals surface area contributed by atoms with E-state index in [-0.39, 0.29) is 5.82 Å². The molecule has 1 saturated carbocycles. The lowest BCUT2D eigenvalue weighted by Crippen LogP contribution is -2.20. The summed E-state index contributed by atoms with van der Waals surface area (Å²) >= 11 is 0. The number of halogens is 1. The molecule has 1 heterocycles. The summed E-state index contributed by atoms with van der Waals surface area (Å²) in [5.74, 6) is 0.329. The fourth-order valence-electron chi connectivity index (χ4n) is 4.93. The van der Waals surface area contributed by atoms with Crippen LogP contribution < -0.4 is 4.90 Å². The van der Waals surface area contributed by atoms with Gasteiger partial charge < -0.3 is 9.32 Å². The Bertz CT molecular complexity index is 1190. The lowest BCUT2D eigenvalue weighted by Gasteiger charge is -2.34. The average Bonchev–Trinajstić information content (AvgIpc) is 3.13. The third-order valence-corrected chi connectivity index (χ3v) is 6.89. The van der Waals surface area contributed by atoms with E-state index in [1.54, 1.807) is 12.1 Å². The lowest BCUT2D eigenvalue weighted by molar-refractivity contribution is 0.224. The quantitative estimate of drug-likeness (QED) is 0.344. The van der Waals surface area contributed by atoms with E-state index < -0.39 is 0 Å². The van der Waals surface area contributed by atoms with Crippen molar-refractivity contribution in [2.24, 2.45) is 5.41 Å². The Morgan fingerprint density at radius 3 is 2.20 bits per heavy atom. The summed E-state index contributed by atoms with van der Waals surface area (Å²) in [4.78, 5) is 2.06. The zero-order valence-corrected chi connectivity index (χ0v) is 17.9. The van der Waals surface area contributed by atoms with E-state index >= 15 is 0 Å². The van der Waals surface area contributed by atoms with Gasteiger partial charge in [0.05, 0.1) is 5.69 Å². The first-order valence-corrected chi connectivity index (χ1v) is 10.9. The summed E-state index contributed by atoms with van der Waals surface area (Å²) in [7, 11) is 2.00. The Kier molecular flexibility index (Phi) is 4.57. The van der Waals surface area contributed by atoms with Crippen LogP contribution in [0.4, 0.5) is 15.8 Å². The summed E-state index contributed by atoms with van der Waals surface area (Å²) < 4.78 is 19.9. The zero-order valence-electron chi connectivity index (χ0n) is 17.9. The van der Waals surface area contributed by atoms with Crippen molar-refractivity contribution in [3.63, 3.8) is 0 Å². The van der Waals surface area contributed by atoms with Gasteiger partial charge in [0.1, 0.15) is 11.4 Å². The highest BCUT2D eigenvalue weighted by atomic mass is 19.1. The van der Waals surface area contributed by atoms with Crippen molar-refractivity contribution in [3.05, 3.63) is 72.0 Å². The van der Waals surface area contributed by atoms with Crippen LogP contribution in [-0.2, 0) is 0 Å². The molecule has 0 bridgehead atoms. The zero-order chi connectivity index (χ0) is 20.9. The van der Waals surface area contributed by atoms with Crippen molar-refractivity contribution in [1.29, 1.82) is 0 Å². The largest absolute Gasteiger partial charge is 0.454 e. The van der Waals surface area contributed by atoms with Gasteiger partial charge in [0.25, 0.3) is 0 Å². The SMILES string of the molecule is CN(c1ccc(F)cc1)c1cccc2c1oc1c(C3CCC(C)(C)CC3)cccc12. The molecule has 1 aliphatic rings. The second-order valence-corrected chi connectivity index (χ2v) is 9.45. The van der Waals surface area contributed by atoms with Crippen molar-refractivity contribution in [2.75, 3.05) is 11.9 Å². The first-order valence-electron chi connectivity index (χ1n) is 10.9. The number of rotatable bonds is 3. The molecule has 0 saturated heterocycles. The van der Waals surface area contributed by atoms with Gasteiger partial charge >= 0.3 is 0 Å². The Hall–Kier alpha value is -2.81. The maximum absolute atomic E-state index is 13.4. The van der Waals surface area contributed by atoms with E-state index in [0.717, 1.165) is 27.9 Å². The van der Waals surface area contributed by atoms with Crippen LogP contribution in [0.15, 0.2) is 65.1 Å². The van der Waals surface area contributed by atoms with E-state index in [0.29, 0.717) is 11.3 Å². The van der Waals surface area contributed by atoms with Crippen molar-refractivity contribution < 1.29 is 8.81 Å². The Balaban J connectivity index is 1.61. The van der Waals surface area contributed by atoms with Crippen LogP contribution in [0, 0.1) is 11.2 Å². The number of para-hydroxylation sites is 2. The monoisotopic (exact) mass is 401 g/mol. The molecule has 1 fully saturated rings. The molecule has 0 unspecified atom stereocenters. The molecule has 154 valence electrons. The topological polar surface area (TPSA) is 16.4 Å². The third-order valence-electron chi connectivity index (χ3n) is 6.89. The number of hydrogen-bond donors (Lipinski definition) is 0. The Morgan fingerprint density at radius 2 is 1.50 bits per heavy atom. The molecule has 0 atom stereocenters. The van der Waals surface area contributed by atoms with Crippen LogP contribution in [0.5, 0.6) is 0 Å². The number of hydrogen-bond acceptors (Lipinski definition) is 2. The maximum atomic E-state index is 13.4. The molecule has 5 rings (SSSR count). The van der Waals surface area contributed by atoms with Crippen LogP contribution in [0.2, 0.25) is 0 Å². The number of fused-ring (bicyclic) bond motifs is 3. The maximum Gasteiger partial charge on any atom is 0.159 e. The highest BCUT2D eigenvalue weighted by Crippen LogP contribution is 2.46. The Morgan fingerprint density at radius 1 is 0.867 bits per heavy atom. The van der Waals surface area contributed by atoms with E-state index in [9.17, 15) is 4.39 Å². The van der Waals surface area contributed by atoms with Crippen LogP contribution in [0.1, 0.15) is 51.0 Å². The minimum Gasteiger partial charge on any atom is -0.454 e. The van der Waals surface area contributed by atoms with E-state index in [2.05, 4.69) is 55.1 Å². The first-order chi connectivity index (χ1) is 14.4. The highest BCUT2D eigenvalue weighted by Gasteiger charge is 2.29. The lowest BCUT2D eigenvalue weighted by atomic mass is 9.71. The fourth-order valence-corrected chi connectivity index (χ4v) is 4.93. The van der Waals surface area contributed by atoms with Crippen LogP contribution >= 0.6 is 0 Å². The van der Waals surface area contributed by atoms with Gasteiger partial charge in [-0.05, 0) is 72.9 Å². The molecule has 30 heavy (non-hydrogen) atoms. The van der Waals surface area contributed by atoms with Crippen molar-refractivity contribution in [3.8, 4) is 0 Å². The second kappa shape index (κ2) is 7.16. The molecular formula is C27H28FNO. The molecule has 0 amide bonds. The molecule has 0 N–H and O–H groups in total. The Labute approximate surface area is 177 Å². The standard InChI is InChI=1S/C27H28FNO/c1-27(2)16-14-18(15-17-27)21-6-4-7-22-23-8-5-9-24(26(23)30-25(21)22)29(3)20-12-10-19(28)11-13-20/h4-13,18H,14-17H2,1-3H3. The van der Waals surface area contributed by atoms with Crippen molar-refractivity contribution in [1.82, 2.24) is 0 Å². The smallest absolute Gasteiger partial charge is 0.159 e. The normalized spacial score (nSPS) is 16.9. The van der Waals surface area contributed by atoms with Crippen LogP contribution in [-0.4, -0.2) is 7.05 Å². The summed E-state index contributed by atoms with van der Waals surface area (Å²) in [5.41, 5.74) is 5.63. The number of anilines is 2. The van der Waals surface area contributed by atoms with Crippen LogP contribution in [0.3, 0.4) is 0 Å². The summed E-state index contributed by atoms with van der Waals surface area (Å²) in [6.07, 6.45) is 4.94. The van der Waals surface area contributed by atoms with Gasteiger partial charge in [-0.2, -0.15) is 0 Å². The molecule has 3 aromatic carbocycles. The van der Waals surface area contributed by atoms with Crippen molar-refractivity contribution in [2.45, 2.75) is 45.4 Å². The van der Waals surface area contributed by atoms with Gasteiger partial charge in [0, 0.05) is 23.5 Å². The molecule has 1 aliphatic carbocycles. The third kappa shape index (κ3) is 3.27. The minimum atomic E-state index is -0.227. The molecule has 0 radical (unpaired) electrons. The fraction of sp³-hybridized carbons (Fsp3) is 0.333. The number of benzene rings is 3. The molecule has 2 nitrogen and oxygen atoms in total. The average molecular weight is 402 g/mol. The predicted octanol–water partition coefficient (Wildman–Crippen LogP) is 8.18.